The summed E-state index contributed by atoms with van der Waals surface area (Å²) in [5.74, 6) is 0. The first kappa shape index (κ1) is 26.1. The molecule has 5 heterocycles. The Morgan fingerprint density at radius 1 is 0.348 bits per heavy atom. The Kier molecular flexibility index (Phi) is 6.06. The van der Waals surface area contributed by atoms with Gasteiger partial charge in [0.1, 0.15) is 0 Å². The van der Waals surface area contributed by atoms with Gasteiger partial charge in [-0.2, -0.15) is 0 Å². The van der Waals surface area contributed by atoms with Crippen LogP contribution >= 0.6 is 0 Å². The number of aromatic nitrogens is 5. The number of rotatable bonds is 4. The summed E-state index contributed by atoms with van der Waals surface area (Å²) < 4.78 is 0. The van der Waals surface area contributed by atoms with E-state index in [4.69, 9.17) is 19.9 Å². The van der Waals surface area contributed by atoms with E-state index >= 15 is 0 Å². The van der Waals surface area contributed by atoms with Crippen molar-refractivity contribution in [1.82, 2.24) is 24.9 Å². The van der Waals surface area contributed by atoms with E-state index in [1.165, 1.54) is 0 Å². The Labute approximate surface area is 264 Å². The number of hydrogen-bond donors (Lipinski definition) is 0. The molecule has 9 aromatic rings. The Hall–Kier alpha value is -6.33. The molecule has 4 aromatic carbocycles. The third kappa shape index (κ3) is 4.45. The summed E-state index contributed by atoms with van der Waals surface area (Å²) >= 11 is 0. The van der Waals surface area contributed by atoms with Crippen molar-refractivity contribution >= 4 is 43.6 Å². The zero-order valence-corrected chi connectivity index (χ0v) is 24.7. The van der Waals surface area contributed by atoms with Gasteiger partial charge in [-0.3, -0.25) is 9.97 Å². The van der Waals surface area contributed by atoms with Crippen molar-refractivity contribution in [3.05, 3.63) is 152 Å². The zero-order chi connectivity index (χ0) is 30.5. The van der Waals surface area contributed by atoms with Crippen LogP contribution in [0.4, 0.5) is 0 Å². The van der Waals surface area contributed by atoms with Gasteiger partial charge in [0.05, 0.1) is 44.8 Å². The van der Waals surface area contributed by atoms with Gasteiger partial charge in [0.2, 0.25) is 0 Å². The topological polar surface area (TPSA) is 64.5 Å². The van der Waals surface area contributed by atoms with Gasteiger partial charge in [-0.15, -0.1) is 0 Å². The van der Waals surface area contributed by atoms with Crippen LogP contribution in [0.5, 0.6) is 0 Å². The predicted octanol–water partition coefficient (Wildman–Crippen LogP) is 9.94. The molecular formula is C41H25N5. The van der Waals surface area contributed by atoms with E-state index < -0.39 is 0 Å². The standard InChI is InChI=1S/C41H25N5/c1-2-8-34-31(7-1)39(37-10-4-6-24-43-37)32-20-17-29-19-21-33(45-40(29)41(32)46-34)27-13-11-26(12-14-27)30-16-15-28-18-22-36(44-38(28)25-30)35-9-3-5-23-42-35/h1-25H. The molecule has 0 aliphatic carbocycles. The molecule has 0 unspecified atom stereocenters. The second-order valence-corrected chi connectivity index (χ2v) is 11.3. The molecule has 0 aliphatic heterocycles. The van der Waals surface area contributed by atoms with E-state index in [-0.39, 0.29) is 0 Å². The molecule has 5 heteroatoms. The highest BCUT2D eigenvalue weighted by molar-refractivity contribution is 6.15. The lowest BCUT2D eigenvalue weighted by atomic mass is 9.97. The normalized spacial score (nSPS) is 11.5. The first-order valence-electron chi connectivity index (χ1n) is 15.3. The van der Waals surface area contributed by atoms with Gasteiger partial charge in [-0.25, -0.2) is 15.0 Å². The third-order valence-electron chi connectivity index (χ3n) is 8.56. The first-order chi connectivity index (χ1) is 22.8. The minimum absolute atomic E-state index is 0.866. The molecule has 0 radical (unpaired) electrons. The van der Waals surface area contributed by atoms with Crippen molar-refractivity contribution in [1.29, 1.82) is 0 Å². The van der Waals surface area contributed by atoms with Crippen molar-refractivity contribution in [2.24, 2.45) is 0 Å². The molecular weight excluding hydrogens is 562 g/mol. The number of nitrogens with zero attached hydrogens (tertiary/aromatic N) is 5. The van der Waals surface area contributed by atoms with Crippen LogP contribution in [0.15, 0.2) is 152 Å². The lowest BCUT2D eigenvalue weighted by molar-refractivity contribution is 1.28. The molecule has 0 amide bonds. The minimum Gasteiger partial charge on any atom is -0.256 e. The summed E-state index contributed by atoms with van der Waals surface area (Å²) in [5, 5.41) is 4.27. The van der Waals surface area contributed by atoms with Crippen molar-refractivity contribution in [2.75, 3.05) is 0 Å². The van der Waals surface area contributed by atoms with Gasteiger partial charge in [-0.05, 0) is 59.7 Å². The summed E-state index contributed by atoms with van der Waals surface area (Å²) in [4.78, 5) is 24.4. The van der Waals surface area contributed by atoms with Crippen molar-refractivity contribution in [2.45, 2.75) is 0 Å². The van der Waals surface area contributed by atoms with E-state index in [1.807, 2.05) is 48.7 Å². The second kappa shape index (κ2) is 10.7. The SMILES string of the molecule is c1ccc(-c2ccc3ccc(-c4ccc(-c5ccc6ccc7c(-c8ccccn8)c8ccccc8nc7c6n5)cc4)cc3n2)nc1. The molecule has 5 nitrogen and oxygen atoms in total. The highest BCUT2D eigenvalue weighted by Gasteiger charge is 2.15. The fourth-order valence-electron chi connectivity index (χ4n) is 6.27. The smallest absolute Gasteiger partial charge is 0.0979 e. The van der Waals surface area contributed by atoms with Gasteiger partial charge in [-0.1, -0.05) is 91.0 Å². The summed E-state index contributed by atoms with van der Waals surface area (Å²) in [6, 6.07) is 47.8. The van der Waals surface area contributed by atoms with Crippen LogP contribution in [0.2, 0.25) is 0 Å². The molecule has 0 atom stereocenters. The van der Waals surface area contributed by atoms with E-state index in [2.05, 4.69) is 102 Å². The summed E-state index contributed by atoms with van der Waals surface area (Å²) in [6.07, 6.45) is 3.63. The summed E-state index contributed by atoms with van der Waals surface area (Å²) in [5.41, 5.74) is 11.5. The average molecular weight is 588 g/mol. The number of benzene rings is 4. The average Bonchev–Trinajstić information content (AvgIpc) is 3.14. The van der Waals surface area contributed by atoms with Gasteiger partial charge in [0.25, 0.3) is 0 Å². The maximum atomic E-state index is 5.20. The molecule has 46 heavy (non-hydrogen) atoms. The number of para-hydroxylation sites is 1. The van der Waals surface area contributed by atoms with E-state index in [1.54, 1.807) is 6.20 Å². The summed E-state index contributed by atoms with van der Waals surface area (Å²) in [6.45, 7) is 0. The summed E-state index contributed by atoms with van der Waals surface area (Å²) in [7, 11) is 0. The molecule has 0 saturated carbocycles. The number of pyridine rings is 5. The van der Waals surface area contributed by atoms with E-state index in [9.17, 15) is 0 Å². The zero-order valence-electron chi connectivity index (χ0n) is 24.7. The maximum Gasteiger partial charge on any atom is 0.0979 e. The quantitative estimate of drug-likeness (QED) is 0.151. The molecule has 214 valence electrons. The van der Waals surface area contributed by atoms with Crippen LogP contribution in [0.25, 0.3) is 88.6 Å². The molecule has 0 spiro atoms. The number of fused-ring (bicyclic) bond motifs is 5. The number of hydrogen-bond acceptors (Lipinski definition) is 5. The van der Waals surface area contributed by atoms with Crippen LogP contribution in [0.3, 0.4) is 0 Å². The maximum absolute atomic E-state index is 5.20. The van der Waals surface area contributed by atoms with Gasteiger partial charge in [0.15, 0.2) is 0 Å². The fourth-order valence-corrected chi connectivity index (χ4v) is 6.27. The molecule has 0 N–H and O–H groups in total. The van der Waals surface area contributed by atoms with Gasteiger partial charge >= 0.3 is 0 Å². The minimum atomic E-state index is 0.866. The molecule has 0 bridgehead atoms. The molecule has 0 fully saturated rings. The van der Waals surface area contributed by atoms with Gasteiger partial charge < -0.3 is 0 Å². The molecule has 9 rings (SSSR count). The van der Waals surface area contributed by atoms with Gasteiger partial charge in [0, 0.05) is 45.1 Å². The van der Waals surface area contributed by atoms with Crippen molar-refractivity contribution in [3.63, 3.8) is 0 Å². The van der Waals surface area contributed by atoms with Crippen LogP contribution < -0.4 is 0 Å². The first-order valence-corrected chi connectivity index (χ1v) is 15.3. The molecule has 0 aliphatic rings. The molecule has 0 saturated heterocycles. The largest absolute Gasteiger partial charge is 0.256 e. The third-order valence-corrected chi connectivity index (χ3v) is 8.56. The van der Waals surface area contributed by atoms with Crippen LogP contribution in [-0.4, -0.2) is 24.9 Å². The van der Waals surface area contributed by atoms with Crippen molar-refractivity contribution < 1.29 is 0 Å². The highest BCUT2D eigenvalue weighted by Crippen LogP contribution is 2.37. The van der Waals surface area contributed by atoms with Crippen LogP contribution in [-0.2, 0) is 0 Å². The fraction of sp³-hybridized carbons (Fsp3) is 0. The Bertz CT molecular complexity index is 2560. The van der Waals surface area contributed by atoms with Crippen molar-refractivity contribution in [3.8, 4) is 45.0 Å². The van der Waals surface area contributed by atoms with E-state index in [0.29, 0.717) is 0 Å². The predicted molar refractivity (Wildman–Crippen MR) is 187 cm³/mol. The lowest BCUT2D eigenvalue weighted by Gasteiger charge is -2.13. The Balaban J connectivity index is 1.12. The molecule has 5 aromatic heterocycles. The Morgan fingerprint density at radius 2 is 1.02 bits per heavy atom. The monoisotopic (exact) mass is 587 g/mol. The Morgan fingerprint density at radius 3 is 1.85 bits per heavy atom. The van der Waals surface area contributed by atoms with Crippen LogP contribution in [0.1, 0.15) is 0 Å². The van der Waals surface area contributed by atoms with Crippen LogP contribution in [0, 0.1) is 0 Å². The lowest BCUT2D eigenvalue weighted by Crippen LogP contribution is -1.94. The van der Waals surface area contributed by atoms with E-state index in [0.717, 1.165) is 88.6 Å². The second-order valence-electron chi connectivity index (χ2n) is 11.3. The highest BCUT2D eigenvalue weighted by atomic mass is 14.8.